The third kappa shape index (κ3) is 3.80. The molecule has 0 bridgehead atoms. The Labute approximate surface area is 142 Å². The van der Waals surface area contributed by atoms with Crippen molar-refractivity contribution < 1.29 is 23.5 Å². The minimum absolute atomic E-state index is 0.118. The van der Waals surface area contributed by atoms with E-state index in [1.165, 1.54) is 13.8 Å². The number of carbonyl (C=O) groups is 2. The van der Waals surface area contributed by atoms with Crippen molar-refractivity contribution in [3.63, 3.8) is 0 Å². The lowest BCUT2D eigenvalue weighted by Gasteiger charge is -2.29. The van der Waals surface area contributed by atoms with Gasteiger partial charge in [0.15, 0.2) is 0 Å². The first-order valence-corrected chi connectivity index (χ1v) is 7.88. The third-order valence-corrected chi connectivity index (χ3v) is 3.92. The van der Waals surface area contributed by atoms with E-state index in [1.54, 1.807) is 12.1 Å². The van der Waals surface area contributed by atoms with Gasteiger partial charge < -0.3 is 9.47 Å². The predicted molar refractivity (Wildman–Crippen MR) is 87.0 cm³/mol. The first-order valence-electron chi connectivity index (χ1n) is 7.08. The molecular weight excluding hydrogens is 367 g/mol. The summed E-state index contributed by atoms with van der Waals surface area (Å²) in [5, 5.41) is 0. The van der Waals surface area contributed by atoms with Crippen LogP contribution in [-0.4, -0.2) is 17.7 Å². The molecule has 0 aromatic heterocycles. The summed E-state index contributed by atoms with van der Waals surface area (Å²) in [5.41, 5.74) is 0.420. The van der Waals surface area contributed by atoms with E-state index in [-0.39, 0.29) is 21.0 Å². The SMILES string of the molecule is CC1(C)OC(=O)C(=Cc2cc(C(C)(C)C)cc(Br)c2F)C(=O)O1. The molecule has 0 saturated carbocycles. The van der Waals surface area contributed by atoms with Crippen molar-refractivity contribution in [2.24, 2.45) is 0 Å². The van der Waals surface area contributed by atoms with E-state index >= 15 is 0 Å². The molecule has 1 aromatic rings. The predicted octanol–water partition coefficient (Wildman–Crippen LogP) is 4.11. The zero-order valence-corrected chi connectivity index (χ0v) is 15.2. The second kappa shape index (κ2) is 5.74. The Morgan fingerprint density at radius 2 is 1.65 bits per heavy atom. The Morgan fingerprint density at radius 3 is 2.13 bits per heavy atom. The minimum atomic E-state index is -1.32. The van der Waals surface area contributed by atoms with Gasteiger partial charge in [-0.25, -0.2) is 14.0 Å². The summed E-state index contributed by atoms with van der Waals surface area (Å²) in [6.45, 7) is 8.85. The summed E-state index contributed by atoms with van der Waals surface area (Å²) in [6.07, 6.45) is 1.16. The largest absolute Gasteiger partial charge is 0.419 e. The van der Waals surface area contributed by atoms with E-state index in [0.29, 0.717) is 0 Å². The molecule has 0 unspecified atom stereocenters. The third-order valence-electron chi connectivity index (χ3n) is 3.34. The number of hydrogen-bond donors (Lipinski definition) is 0. The van der Waals surface area contributed by atoms with Crippen molar-refractivity contribution in [2.45, 2.75) is 45.8 Å². The number of carbonyl (C=O) groups excluding carboxylic acids is 2. The van der Waals surface area contributed by atoms with E-state index in [2.05, 4.69) is 15.9 Å². The molecule has 4 nitrogen and oxygen atoms in total. The van der Waals surface area contributed by atoms with E-state index in [9.17, 15) is 14.0 Å². The molecule has 1 aromatic carbocycles. The van der Waals surface area contributed by atoms with Gasteiger partial charge in [0, 0.05) is 19.4 Å². The van der Waals surface area contributed by atoms with Crippen molar-refractivity contribution in [2.75, 3.05) is 0 Å². The molecular formula is C17H18BrFO4. The number of ether oxygens (including phenoxy) is 2. The van der Waals surface area contributed by atoms with Gasteiger partial charge in [0.05, 0.1) is 4.47 Å². The quantitative estimate of drug-likeness (QED) is 0.415. The number of hydrogen-bond acceptors (Lipinski definition) is 4. The number of esters is 2. The fraction of sp³-hybridized carbons (Fsp3) is 0.412. The molecule has 0 amide bonds. The Kier molecular flexibility index (Phi) is 4.41. The fourth-order valence-corrected chi connectivity index (χ4v) is 2.56. The van der Waals surface area contributed by atoms with Gasteiger partial charge in [-0.1, -0.05) is 20.8 Å². The standard InChI is InChI=1S/C17H18BrFO4/c1-16(2,3)10-6-9(13(19)12(18)8-10)7-11-14(20)22-17(4,5)23-15(11)21/h6-8H,1-5H3. The summed E-state index contributed by atoms with van der Waals surface area (Å²) >= 11 is 3.17. The topological polar surface area (TPSA) is 52.6 Å². The molecule has 0 radical (unpaired) electrons. The lowest BCUT2D eigenvalue weighted by atomic mass is 9.86. The lowest BCUT2D eigenvalue weighted by molar-refractivity contribution is -0.222. The Balaban J connectivity index is 2.53. The molecule has 1 aliphatic rings. The van der Waals surface area contributed by atoms with Gasteiger partial charge in [-0.3, -0.25) is 0 Å². The first-order chi connectivity index (χ1) is 10.4. The normalized spacial score (nSPS) is 17.6. The average Bonchev–Trinajstić information content (AvgIpc) is 2.35. The summed E-state index contributed by atoms with van der Waals surface area (Å²) in [5.74, 6) is -3.54. The zero-order valence-electron chi connectivity index (χ0n) is 13.6. The maximum Gasteiger partial charge on any atom is 0.348 e. The Bertz CT molecular complexity index is 692. The van der Waals surface area contributed by atoms with E-state index < -0.39 is 23.5 Å². The van der Waals surface area contributed by atoms with Crippen LogP contribution in [0.25, 0.3) is 6.08 Å². The van der Waals surface area contributed by atoms with Crippen molar-refractivity contribution >= 4 is 33.9 Å². The van der Waals surface area contributed by atoms with Crippen molar-refractivity contribution in [1.82, 2.24) is 0 Å². The van der Waals surface area contributed by atoms with Crippen LogP contribution < -0.4 is 0 Å². The second-order valence-electron chi connectivity index (χ2n) is 6.85. The summed E-state index contributed by atoms with van der Waals surface area (Å²) in [4.78, 5) is 24.0. The van der Waals surface area contributed by atoms with Crippen LogP contribution in [0.5, 0.6) is 0 Å². The number of halogens is 2. The van der Waals surface area contributed by atoms with Gasteiger partial charge in [-0.2, -0.15) is 0 Å². The number of cyclic esters (lactones) is 2. The average molecular weight is 385 g/mol. The number of rotatable bonds is 1. The minimum Gasteiger partial charge on any atom is -0.419 e. The highest BCUT2D eigenvalue weighted by atomic mass is 79.9. The highest BCUT2D eigenvalue weighted by Crippen LogP contribution is 2.31. The summed E-state index contributed by atoms with van der Waals surface area (Å²) in [6, 6.07) is 3.28. The maximum absolute atomic E-state index is 14.3. The van der Waals surface area contributed by atoms with Gasteiger partial charge >= 0.3 is 11.9 Å². The van der Waals surface area contributed by atoms with Crippen LogP contribution in [0, 0.1) is 5.82 Å². The van der Waals surface area contributed by atoms with Crippen LogP contribution in [0.1, 0.15) is 45.7 Å². The van der Waals surface area contributed by atoms with Crippen LogP contribution in [0.15, 0.2) is 22.2 Å². The second-order valence-corrected chi connectivity index (χ2v) is 7.70. The van der Waals surface area contributed by atoms with Gasteiger partial charge in [-0.15, -0.1) is 0 Å². The van der Waals surface area contributed by atoms with Gasteiger partial charge in [0.2, 0.25) is 0 Å². The first kappa shape index (κ1) is 17.7. The van der Waals surface area contributed by atoms with E-state index in [4.69, 9.17) is 9.47 Å². The maximum atomic E-state index is 14.3. The smallest absolute Gasteiger partial charge is 0.348 e. The molecule has 1 fully saturated rings. The molecule has 124 valence electrons. The van der Waals surface area contributed by atoms with Crippen molar-refractivity contribution in [3.8, 4) is 0 Å². The molecule has 1 aliphatic heterocycles. The zero-order chi connectivity index (χ0) is 17.6. The van der Waals surface area contributed by atoms with Gasteiger partial charge in [0.25, 0.3) is 5.79 Å². The van der Waals surface area contributed by atoms with E-state index in [1.807, 2.05) is 20.8 Å². The molecule has 23 heavy (non-hydrogen) atoms. The molecule has 0 atom stereocenters. The number of benzene rings is 1. The molecule has 6 heteroatoms. The fourth-order valence-electron chi connectivity index (χ4n) is 2.08. The molecule has 0 aliphatic carbocycles. The van der Waals surface area contributed by atoms with Crippen LogP contribution in [0.3, 0.4) is 0 Å². The molecule has 1 saturated heterocycles. The highest BCUT2D eigenvalue weighted by molar-refractivity contribution is 9.10. The van der Waals surface area contributed by atoms with Crippen molar-refractivity contribution in [3.05, 3.63) is 39.1 Å². The van der Waals surface area contributed by atoms with Crippen LogP contribution in [0.2, 0.25) is 0 Å². The van der Waals surface area contributed by atoms with Crippen LogP contribution in [-0.2, 0) is 24.5 Å². The lowest BCUT2D eigenvalue weighted by Crippen LogP contribution is -2.41. The molecule has 1 heterocycles. The Morgan fingerprint density at radius 1 is 1.13 bits per heavy atom. The highest BCUT2D eigenvalue weighted by Gasteiger charge is 2.39. The van der Waals surface area contributed by atoms with E-state index in [0.717, 1.165) is 11.6 Å². The van der Waals surface area contributed by atoms with Gasteiger partial charge in [0.1, 0.15) is 11.4 Å². The van der Waals surface area contributed by atoms with Gasteiger partial charge in [-0.05, 0) is 45.1 Å². The van der Waals surface area contributed by atoms with Crippen molar-refractivity contribution in [1.29, 1.82) is 0 Å². The summed E-state index contributed by atoms with van der Waals surface area (Å²) < 4.78 is 24.6. The Hall–Kier alpha value is -1.69. The monoisotopic (exact) mass is 384 g/mol. The molecule has 2 rings (SSSR count). The summed E-state index contributed by atoms with van der Waals surface area (Å²) in [7, 11) is 0. The molecule has 0 N–H and O–H groups in total. The molecule has 0 spiro atoms. The van der Waals surface area contributed by atoms with Crippen LogP contribution in [0.4, 0.5) is 4.39 Å². The van der Waals surface area contributed by atoms with Crippen LogP contribution >= 0.6 is 15.9 Å².